The fourth-order valence-electron chi connectivity index (χ4n) is 5.56. The van der Waals surface area contributed by atoms with E-state index in [1.807, 2.05) is 34.6 Å². The second-order valence-corrected chi connectivity index (χ2v) is 14.3. The summed E-state index contributed by atoms with van der Waals surface area (Å²) in [6.45, 7) is 12.6. The molecule has 46 heavy (non-hydrogen) atoms. The number of ether oxygens (including phenoxy) is 3. The number of unbranched alkanes of at least 4 members (excludes halogenated alkanes) is 14. The van der Waals surface area contributed by atoms with Crippen molar-refractivity contribution in [2.24, 2.45) is 0 Å². The summed E-state index contributed by atoms with van der Waals surface area (Å²) in [5.41, 5.74) is -0.362. The van der Waals surface area contributed by atoms with Gasteiger partial charge in [0.05, 0.1) is 12.3 Å². The van der Waals surface area contributed by atoms with Crippen molar-refractivity contribution >= 4 is 24.0 Å². The fraction of sp³-hybridized carbons (Fsp3) is 0.789. The van der Waals surface area contributed by atoms with Crippen LogP contribution in [0.4, 0.5) is 0 Å². The first-order valence-corrected chi connectivity index (χ1v) is 18.1. The van der Waals surface area contributed by atoms with Crippen LogP contribution in [0.1, 0.15) is 170 Å². The van der Waals surface area contributed by atoms with Crippen molar-refractivity contribution in [2.45, 2.75) is 181 Å². The molecule has 1 rings (SSSR count). The Morgan fingerprint density at radius 2 is 1.35 bits per heavy atom. The monoisotopic (exact) mass is 647 g/mol. The highest BCUT2D eigenvalue weighted by atomic mass is 16.6. The highest BCUT2D eigenvalue weighted by Crippen LogP contribution is 2.25. The largest absolute Gasteiger partial charge is 0.489 e. The summed E-state index contributed by atoms with van der Waals surface area (Å²) in [7, 11) is 0. The maximum atomic E-state index is 13.5. The van der Waals surface area contributed by atoms with E-state index in [1.165, 1.54) is 76.7 Å². The van der Waals surface area contributed by atoms with Crippen molar-refractivity contribution < 1.29 is 33.4 Å². The van der Waals surface area contributed by atoms with E-state index < -0.39 is 11.2 Å². The van der Waals surface area contributed by atoms with Gasteiger partial charge < -0.3 is 19.5 Å². The Labute approximate surface area is 279 Å². The van der Waals surface area contributed by atoms with Gasteiger partial charge in [-0.1, -0.05) is 90.4 Å². The molecule has 1 aliphatic carbocycles. The van der Waals surface area contributed by atoms with Gasteiger partial charge in [-0.15, -0.1) is 0 Å². The molecule has 1 aliphatic rings. The third-order valence-electron chi connectivity index (χ3n) is 8.15. The number of carbonyl (C=O) groups excluding carboxylic acids is 4. The number of rotatable bonds is 28. The van der Waals surface area contributed by atoms with Gasteiger partial charge in [-0.3, -0.25) is 19.2 Å². The summed E-state index contributed by atoms with van der Waals surface area (Å²) in [6, 6.07) is 0. The number of Topliss-reactive ketones (excluding diaryl/α,β-unsaturated/α-hetero) is 1. The number of carbonyl (C=O) groups is 4. The zero-order valence-corrected chi connectivity index (χ0v) is 30.1. The molecule has 0 aromatic rings. The van der Waals surface area contributed by atoms with Gasteiger partial charge in [0.2, 0.25) is 11.6 Å². The molecule has 8 nitrogen and oxygen atoms in total. The van der Waals surface area contributed by atoms with Crippen molar-refractivity contribution in [3.63, 3.8) is 0 Å². The van der Waals surface area contributed by atoms with Gasteiger partial charge in [-0.05, 0) is 73.1 Å². The minimum Gasteiger partial charge on any atom is -0.489 e. The van der Waals surface area contributed by atoms with E-state index >= 15 is 0 Å². The Morgan fingerprint density at radius 3 is 1.89 bits per heavy atom. The van der Waals surface area contributed by atoms with E-state index in [9.17, 15) is 19.2 Å². The molecule has 0 unspecified atom stereocenters. The lowest BCUT2D eigenvalue weighted by Gasteiger charge is -2.23. The number of allylic oxidation sites excluding steroid dienone is 2. The fourth-order valence-corrected chi connectivity index (χ4v) is 5.56. The Bertz CT molecular complexity index is 974. The molecule has 0 aliphatic heterocycles. The molecule has 0 aromatic carbocycles. The molecule has 0 fully saturated rings. The Balaban J connectivity index is 2.58. The number of hydrogen-bond donors (Lipinski definition) is 1. The lowest BCUT2D eigenvalue weighted by atomic mass is 9.93. The van der Waals surface area contributed by atoms with Crippen LogP contribution in [-0.2, 0) is 33.4 Å². The predicted molar refractivity (Wildman–Crippen MR) is 184 cm³/mol. The Kier molecular flexibility index (Phi) is 21.3. The molecule has 0 saturated carbocycles. The van der Waals surface area contributed by atoms with E-state index in [4.69, 9.17) is 14.2 Å². The highest BCUT2D eigenvalue weighted by Gasteiger charge is 2.30. The van der Waals surface area contributed by atoms with Gasteiger partial charge >= 0.3 is 5.97 Å². The SMILES string of the molecule is CCCCCCCCCCCCCCCCC1=C(OCCCC(=O)OC(C)(C)C)C(=O)C=C(NCCCCC(C)(C)OC=O)C1=O. The quantitative estimate of drug-likeness (QED) is 0.0388. The van der Waals surface area contributed by atoms with Gasteiger partial charge in [0.25, 0.3) is 6.47 Å². The van der Waals surface area contributed by atoms with Crippen LogP contribution >= 0.6 is 0 Å². The third-order valence-corrected chi connectivity index (χ3v) is 8.15. The minimum atomic E-state index is -0.555. The van der Waals surface area contributed by atoms with Crippen LogP contribution in [0.15, 0.2) is 23.1 Å². The van der Waals surface area contributed by atoms with Crippen LogP contribution in [0.3, 0.4) is 0 Å². The summed E-state index contributed by atoms with van der Waals surface area (Å²) < 4.78 is 16.3. The second kappa shape index (κ2) is 23.6. The summed E-state index contributed by atoms with van der Waals surface area (Å²) in [4.78, 5) is 49.4. The molecule has 0 atom stereocenters. The number of nitrogens with one attached hydrogen (secondary N) is 1. The first-order valence-electron chi connectivity index (χ1n) is 18.1. The van der Waals surface area contributed by atoms with Crippen molar-refractivity contribution in [1.29, 1.82) is 0 Å². The van der Waals surface area contributed by atoms with Crippen molar-refractivity contribution in [3.05, 3.63) is 23.1 Å². The summed E-state index contributed by atoms with van der Waals surface area (Å²) in [5.74, 6) is -0.713. The maximum Gasteiger partial charge on any atom is 0.306 e. The van der Waals surface area contributed by atoms with E-state index in [0.29, 0.717) is 43.5 Å². The first kappa shape index (κ1) is 41.4. The maximum absolute atomic E-state index is 13.5. The molecule has 0 heterocycles. The Morgan fingerprint density at radius 1 is 0.783 bits per heavy atom. The van der Waals surface area contributed by atoms with Gasteiger partial charge in [0.15, 0.2) is 5.76 Å². The average Bonchev–Trinajstić information content (AvgIpc) is 2.97. The molecule has 0 amide bonds. The molecular weight excluding hydrogens is 582 g/mol. The van der Waals surface area contributed by atoms with E-state index in [1.54, 1.807) is 0 Å². The van der Waals surface area contributed by atoms with E-state index in [-0.39, 0.29) is 36.3 Å². The molecule has 8 heteroatoms. The zero-order chi connectivity index (χ0) is 34.3. The molecule has 0 saturated heterocycles. The van der Waals surface area contributed by atoms with Gasteiger partial charge in [-0.2, -0.15) is 0 Å². The van der Waals surface area contributed by atoms with E-state index in [0.717, 1.165) is 32.1 Å². The molecular formula is C38H65NO7. The molecule has 0 spiro atoms. The van der Waals surface area contributed by atoms with Crippen LogP contribution in [0, 0.1) is 0 Å². The zero-order valence-electron chi connectivity index (χ0n) is 30.1. The van der Waals surface area contributed by atoms with Crippen molar-refractivity contribution in [1.82, 2.24) is 5.32 Å². The highest BCUT2D eigenvalue weighted by molar-refractivity contribution is 6.21. The minimum absolute atomic E-state index is 0.113. The second-order valence-electron chi connectivity index (χ2n) is 14.3. The number of hydrogen-bond acceptors (Lipinski definition) is 8. The van der Waals surface area contributed by atoms with Gasteiger partial charge in [-0.25, -0.2) is 0 Å². The summed E-state index contributed by atoms with van der Waals surface area (Å²) in [6.07, 6.45) is 22.1. The molecule has 0 aromatic heterocycles. The van der Waals surface area contributed by atoms with Gasteiger partial charge in [0.1, 0.15) is 11.2 Å². The molecule has 0 bridgehead atoms. The first-order chi connectivity index (χ1) is 21.9. The smallest absolute Gasteiger partial charge is 0.306 e. The lowest BCUT2D eigenvalue weighted by Crippen LogP contribution is -2.30. The van der Waals surface area contributed by atoms with Crippen LogP contribution in [0.2, 0.25) is 0 Å². The molecule has 1 N–H and O–H groups in total. The molecule has 0 radical (unpaired) electrons. The Hall–Kier alpha value is -2.64. The summed E-state index contributed by atoms with van der Waals surface area (Å²) >= 11 is 0. The average molecular weight is 648 g/mol. The van der Waals surface area contributed by atoms with Crippen LogP contribution in [0.5, 0.6) is 0 Å². The van der Waals surface area contributed by atoms with Crippen molar-refractivity contribution in [2.75, 3.05) is 13.2 Å². The third kappa shape index (κ3) is 19.8. The van der Waals surface area contributed by atoms with E-state index in [2.05, 4.69) is 12.2 Å². The number of ketones is 2. The van der Waals surface area contributed by atoms with Crippen LogP contribution in [0.25, 0.3) is 0 Å². The topological polar surface area (TPSA) is 108 Å². The van der Waals surface area contributed by atoms with Crippen molar-refractivity contribution in [3.8, 4) is 0 Å². The van der Waals surface area contributed by atoms with Gasteiger partial charge in [0, 0.05) is 24.6 Å². The van der Waals surface area contributed by atoms with Crippen LogP contribution < -0.4 is 5.32 Å². The predicted octanol–water partition coefficient (Wildman–Crippen LogP) is 9.00. The number of esters is 1. The normalized spacial score (nSPS) is 13.9. The lowest BCUT2D eigenvalue weighted by molar-refractivity contribution is -0.155. The molecule has 264 valence electrons. The van der Waals surface area contributed by atoms with Crippen LogP contribution in [-0.4, -0.2) is 48.4 Å². The standard InChI is InChI=1S/C38H65NO7/c1-7-8-9-10-11-12-13-14-15-16-17-18-19-20-24-31-35(43)32(39-27-22-21-26-38(5,6)45-30-40)29-33(41)36(31)44-28-23-25-34(42)46-37(2,3)4/h29-30,39H,7-28H2,1-6H3. The summed E-state index contributed by atoms with van der Waals surface area (Å²) in [5, 5.41) is 3.16.